The lowest BCUT2D eigenvalue weighted by atomic mass is 10.2. The Bertz CT molecular complexity index is 953. The van der Waals surface area contributed by atoms with E-state index in [9.17, 15) is 8.78 Å². The van der Waals surface area contributed by atoms with Crippen molar-refractivity contribution in [3.8, 4) is 17.2 Å². The number of para-hydroxylation sites is 1. The summed E-state index contributed by atoms with van der Waals surface area (Å²) < 4.78 is 40.1. The first-order chi connectivity index (χ1) is 13.0. The van der Waals surface area contributed by atoms with Gasteiger partial charge in [0.1, 0.15) is 11.6 Å². The molecular weight excluding hydrogens is 358 g/mol. The number of nitrogen functional groups attached to an aromatic ring is 1. The van der Waals surface area contributed by atoms with Crippen molar-refractivity contribution in [1.82, 2.24) is 9.97 Å². The van der Waals surface area contributed by atoms with Crippen LogP contribution in [0.15, 0.2) is 36.4 Å². The molecule has 7 nitrogen and oxygen atoms in total. The van der Waals surface area contributed by atoms with Crippen LogP contribution in [0.4, 0.5) is 20.5 Å². The van der Waals surface area contributed by atoms with Crippen LogP contribution in [0.1, 0.15) is 5.56 Å². The van der Waals surface area contributed by atoms with Crippen LogP contribution in [0.3, 0.4) is 0 Å². The van der Waals surface area contributed by atoms with Gasteiger partial charge in [-0.25, -0.2) is 4.98 Å². The number of methoxy groups -OCH3 is 2. The third kappa shape index (κ3) is 4.08. The number of alkyl halides is 2. The summed E-state index contributed by atoms with van der Waals surface area (Å²) >= 11 is 0. The molecule has 0 unspecified atom stereocenters. The predicted octanol–water partition coefficient (Wildman–Crippen LogP) is 3.44. The van der Waals surface area contributed by atoms with E-state index in [1.807, 2.05) is 0 Å². The van der Waals surface area contributed by atoms with E-state index in [0.29, 0.717) is 28.0 Å². The zero-order chi connectivity index (χ0) is 19.4. The number of benzene rings is 2. The van der Waals surface area contributed by atoms with Gasteiger partial charge in [0, 0.05) is 23.6 Å². The number of nitrogens with two attached hydrogens (primary N) is 1. The first-order valence-corrected chi connectivity index (χ1v) is 7.97. The Labute approximate surface area is 154 Å². The Morgan fingerprint density at radius 1 is 1.04 bits per heavy atom. The second-order valence-corrected chi connectivity index (χ2v) is 5.50. The fourth-order valence-corrected chi connectivity index (χ4v) is 2.59. The van der Waals surface area contributed by atoms with Gasteiger partial charge in [-0.2, -0.15) is 13.8 Å². The number of ether oxygens (including phenoxy) is 3. The smallest absolute Gasteiger partial charge is 0.387 e. The molecule has 0 radical (unpaired) electrons. The minimum absolute atomic E-state index is 0.0835. The number of nitrogens with one attached hydrogen (secondary N) is 1. The highest BCUT2D eigenvalue weighted by molar-refractivity contribution is 5.91. The van der Waals surface area contributed by atoms with Crippen LogP contribution in [-0.2, 0) is 6.54 Å². The van der Waals surface area contributed by atoms with E-state index in [1.54, 1.807) is 30.3 Å². The van der Waals surface area contributed by atoms with Gasteiger partial charge in [0.15, 0.2) is 11.5 Å². The number of hydrogen-bond donors (Lipinski definition) is 2. The number of halogens is 2. The molecule has 0 aliphatic carbocycles. The lowest BCUT2D eigenvalue weighted by Gasteiger charge is -2.13. The highest BCUT2D eigenvalue weighted by Crippen LogP contribution is 2.33. The molecule has 0 amide bonds. The quantitative estimate of drug-likeness (QED) is 0.653. The van der Waals surface area contributed by atoms with Crippen LogP contribution >= 0.6 is 0 Å². The van der Waals surface area contributed by atoms with E-state index in [-0.39, 0.29) is 24.1 Å². The summed E-state index contributed by atoms with van der Waals surface area (Å²) in [6, 6.07) is 9.86. The number of aromatic nitrogens is 2. The molecule has 0 aliphatic rings. The van der Waals surface area contributed by atoms with Crippen molar-refractivity contribution < 1.29 is 23.0 Å². The minimum atomic E-state index is -2.90. The van der Waals surface area contributed by atoms with Crippen molar-refractivity contribution in [3.63, 3.8) is 0 Å². The maximum absolute atomic E-state index is 12.5. The average molecular weight is 376 g/mol. The van der Waals surface area contributed by atoms with E-state index in [0.717, 1.165) is 0 Å². The standard InChI is InChI=1S/C18H18F2N4O3/c1-25-14-7-11-12(8-15(14)26-2)23-18(24-16(11)21)22-9-10-5-3-4-6-13(10)27-17(19)20/h3-8,17H,9H2,1-2H3,(H3,21,22,23,24). The Balaban J connectivity index is 1.88. The number of fused-ring (bicyclic) bond motifs is 1. The van der Waals surface area contributed by atoms with Gasteiger partial charge in [0.2, 0.25) is 5.95 Å². The van der Waals surface area contributed by atoms with Gasteiger partial charge in [0.05, 0.1) is 19.7 Å². The van der Waals surface area contributed by atoms with E-state index in [1.165, 1.54) is 20.3 Å². The van der Waals surface area contributed by atoms with Crippen LogP contribution in [0.2, 0.25) is 0 Å². The number of anilines is 2. The monoisotopic (exact) mass is 376 g/mol. The summed E-state index contributed by atoms with van der Waals surface area (Å²) in [5.74, 6) is 1.60. The largest absolute Gasteiger partial charge is 0.493 e. The van der Waals surface area contributed by atoms with Crippen LogP contribution in [-0.4, -0.2) is 30.8 Å². The molecule has 1 aromatic heterocycles. The molecule has 3 N–H and O–H groups in total. The molecule has 0 bridgehead atoms. The zero-order valence-electron chi connectivity index (χ0n) is 14.7. The Morgan fingerprint density at radius 2 is 1.74 bits per heavy atom. The molecule has 0 fully saturated rings. The Morgan fingerprint density at radius 3 is 2.44 bits per heavy atom. The maximum Gasteiger partial charge on any atom is 0.387 e. The predicted molar refractivity (Wildman–Crippen MR) is 97.5 cm³/mol. The number of nitrogens with zero attached hydrogens (tertiary/aromatic N) is 2. The van der Waals surface area contributed by atoms with E-state index >= 15 is 0 Å². The third-order valence-corrected chi connectivity index (χ3v) is 3.86. The summed E-state index contributed by atoms with van der Waals surface area (Å²) in [5, 5.41) is 3.59. The molecule has 27 heavy (non-hydrogen) atoms. The van der Waals surface area contributed by atoms with Gasteiger partial charge in [-0.1, -0.05) is 18.2 Å². The fraction of sp³-hybridized carbons (Fsp3) is 0.222. The summed E-state index contributed by atoms with van der Waals surface area (Å²) in [7, 11) is 3.04. The SMILES string of the molecule is COc1cc2nc(NCc3ccccc3OC(F)F)nc(N)c2cc1OC. The number of hydrogen-bond acceptors (Lipinski definition) is 7. The van der Waals surface area contributed by atoms with E-state index in [4.69, 9.17) is 15.2 Å². The molecule has 0 saturated carbocycles. The van der Waals surface area contributed by atoms with Gasteiger partial charge in [-0.15, -0.1) is 0 Å². The zero-order valence-corrected chi connectivity index (χ0v) is 14.7. The molecular formula is C18H18F2N4O3. The van der Waals surface area contributed by atoms with Gasteiger partial charge in [0.25, 0.3) is 0 Å². The van der Waals surface area contributed by atoms with Crippen molar-refractivity contribution in [2.45, 2.75) is 13.2 Å². The average Bonchev–Trinajstić information content (AvgIpc) is 2.66. The molecule has 3 aromatic rings. The Hall–Kier alpha value is -3.36. The van der Waals surface area contributed by atoms with Crippen molar-refractivity contribution in [1.29, 1.82) is 0 Å². The second-order valence-electron chi connectivity index (χ2n) is 5.50. The lowest BCUT2D eigenvalue weighted by molar-refractivity contribution is -0.0504. The molecule has 3 rings (SSSR count). The molecule has 0 atom stereocenters. The van der Waals surface area contributed by atoms with Crippen LogP contribution in [0, 0.1) is 0 Å². The molecule has 0 saturated heterocycles. The van der Waals surface area contributed by atoms with Gasteiger partial charge in [-0.3, -0.25) is 0 Å². The third-order valence-electron chi connectivity index (χ3n) is 3.86. The molecule has 0 aliphatic heterocycles. The van der Waals surface area contributed by atoms with Gasteiger partial charge < -0.3 is 25.3 Å². The highest BCUT2D eigenvalue weighted by Gasteiger charge is 2.13. The maximum atomic E-state index is 12.5. The van der Waals surface area contributed by atoms with Crippen molar-refractivity contribution in [2.24, 2.45) is 0 Å². The van der Waals surface area contributed by atoms with Gasteiger partial charge in [-0.05, 0) is 12.1 Å². The van der Waals surface area contributed by atoms with Crippen LogP contribution in [0.25, 0.3) is 10.9 Å². The van der Waals surface area contributed by atoms with Crippen LogP contribution < -0.4 is 25.3 Å². The first-order valence-electron chi connectivity index (χ1n) is 7.97. The topological polar surface area (TPSA) is 91.5 Å². The fourth-order valence-electron chi connectivity index (χ4n) is 2.59. The van der Waals surface area contributed by atoms with Gasteiger partial charge >= 0.3 is 6.61 Å². The molecule has 0 spiro atoms. The first kappa shape index (κ1) is 18.4. The summed E-state index contributed by atoms with van der Waals surface area (Å²) in [6.07, 6.45) is 0. The van der Waals surface area contributed by atoms with Crippen LogP contribution in [0.5, 0.6) is 17.2 Å². The summed E-state index contributed by atoms with van der Waals surface area (Å²) in [4.78, 5) is 8.61. The minimum Gasteiger partial charge on any atom is -0.493 e. The van der Waals surface area contributed by atoms with Crippen molar-refractivity contribution >= 4 is 22.7 Å². The molecule has 142 valence electrons. The van der Waals surface area contributed by atoms with Crippen molar-refractivity contribution in [2.75, 3.05) is 25.3 Å². The lowest BCUT2D eigenvalue weighted by Crippen LogP contribution is -2.09. The number of rotatable bonds is 7. The normalized spacial score (nSPS) is 10.9. The Kier molecular flexibility index (Phi) is 5.39. The van der Waals surface area contributed by atoms with E-state index < -0.39 is 6.61 Å². The second kappa shape index (κ2) is 7.90. The summed E-state index contributed by atoms with van der Waals surface area (Å²) in [5.41, 5.74) is 7.12. The molecule has 1 heterocycles. The van der Waals surface area contributed by atoms with Crippen molar-refractivity contribution in [3.05, 3.63) is 42.0 Å². The highest BCUT2D eigenvalue weighted by atomic mass is 19.3. The molecule has 9 heteroatoms. The molecule has 2 aromatic carbocycles. The van der Waals surface area contributed by atoms with E-state index in [2.05, 4.69) is 20.0 Å². The summed E-state index contributed by atoms with van der Waals surface area (Å²) in [6.45, 7) is -2.72.